The summed E-state index contributed by atoms with van der Waals surface area (Å²) < 4.78 is 5.07. The second kappa shape index (κ2) is 10.4. The van der Waals surface area contributed by atoms with Crippen molar-refractivity contribution < 1.29 is 44.0 Å². The Kier molecular flexibility index (Phi) is 6.54. The van der Waals surface area contributed by atoms with E-state index in [1.165, 1.54) is 49.1 Å². The van der Waals surface area contributed by atoms with Gasteiger partial charge in [-0.15, -0.1) is 0 Å². The van der Waals surface area contributed by atoms with Crippen molar-refractivity contribution in [3.05, 3.63) is 116 Å². The number of carbonyl (C=O) groups is 4. The Bertz CT molecular complexity index is 2200. The van der Waals surface area contributed by atoms with E-state index in [0.717, 1.165) is 24.3 Å². The molecule has 6 rings (SSSR count). The zero-order valence-electron chi connectivity index (χ0n) is 22.3. The van der Waals surface area contributed by atoms with Crippen LogP contribution in [0.3, 0.4) is 0 Å². The molecular weight excluding hydrogens is 592 g/mol. The number of aromatic nitrogens is 2. The third kappa shape index (κ3) is 4.65. The summed E-state index contributed by atoms with van der Waals surface area (Å²) in [4.78, 5) is 81.5. The molecule has 220 valence electrons. The van der Waals surface area contributed by atoms with Gasteiger partial charge in [0.1, 0.15) is 0 Å². The minimum Gasteiger partial charge on any atom is -0.478 e. The molecule has 0 aliphatic heterocycles. The summed E-state index contributed by atoms with van der Waals surface area (Å²) in [6.07, 6.45) is 5.37. The SMILES string of the molecule is O=C(O)c1cc2cnccc2c2cc([N+](=O)[O-])cc(C(=O)OC(=O)c3cc([N+](=O)[O-])cc4c3c(C(=O)O)cc3cnccc34)c12. The minimum atomic E-state index is -1.52. The Labute approximate surface area is 248 Å². The van der Waals surface area contributed by atoms with Crippen molar-refractivity contribution in [1.29, 1.82) is 0 Å². The Hall–Kier alpha value is -6.90. The van der Waals surface area contributed by atoms with Gasteiger partial charge in [0.05, 0.1) is 32.1 Å². The van der Waals surface area contributed by atoms with Crippen LogP contribution < -0.4 is 0 Å². The zero-order chi connectivity index (χ0) is 32.2. The van der Waals surface area contributed by atoms with E-state index in [2.05, 4.69) is 9.97 Å². The smallest absolute Gasteiger partial charge is 0.346 e. The number of nitro groups is 2. The zero-order valence-corrected chi connectivity index (χ0v) is 22.3. The topological polar surface area (TPSA) is 230 Å². The number of carboxylic acid groups (broad SMARTS) is 2. The quantitative estimate of drug-likeness (QED) is 0.0806. The van der Waals surface area contributed by atoms with Gasteiger partial charge >= 0.3 is 23.9 Å². The summed E-state index contributed by atoms with van der Waals surface area (Å²) in [6, 6.07) is 8.92. The summed E-state index contributed by atoms with van der Waals surface area (Å²) in [5.41, 5.74) is -3.47. The van der Waals surface area contributed by atoms with Crippen LogP contribution in [-0.2, 0) is 4.74 Å². The van der Waals surface area contributed by atoms with Gasteiger partial charge in [0, 0.05) is 70.6 Å². The number of fused-ring (bicyclic) bond motifs is 6. The number of esters is 2. The molecule has 0 radical (unpaired) electrons. The third-order valence-electron chi connectivity index (χ3n) is 7.18. The van der Waals surface area contributed by atoms with Gasteiger partial charge < -0.3 is 14.9 Å². The van der Waals surface area contributed by atoms with E-state index in [1.807, 2.05) is 0 Å². The first-order chi connectivity index (χ1) is 21.5. The highest BCUT2D eigenvalue weighted by atomic mass is 16.6. The molecule has 6 aromatic rings. The molecular formula is C30H14N4O11. The molecule has 15 nitrogen and oxygen atoms in total. The molecule has 0 atom stereocenters. The third-order valence-corrected chi connectivity index (χ3v) is 7.18. The second-order valence-corrected chi connectivity index (χ2v) is 9.68. The maximum absolute atomic E-state index is 13.6. The lowest BCUT2D eigenvalue weighted by molar-refractivity contribution is -0.384. The molecule has 45 heavy (non-hydrogen) atoms. The number of benzene rings is 4. The maximum Gasteiger partial charge on any atom is 0.346 e. The normalized spacial score (nSPS) is 11.1. The lowest BCUT2D eigenvalue weighted by Gasteiger charge is -2.13. The number of rotatable bonds is 6. The van der Waals surface area contributed by atoms with Crippen molar-refractivity contribution in [2.24, 2.45) is 0 Å². The lowest BCUT2D eigenvalue weighted by atomic mass is 9.93. The number of hydrogen-bond acceptors (Lipinski definition) is 11. The van der Waals surface area contributed by atoms with Crippen molar-refractivity contribution in [3.63, 3.8) is 0 Å². The number of ether oxygens (including phenoxy) is 1. The monoisotopic (exact) mass is 606 g/mol. The lowest BCUT2D eigenvalue weighted by Crippen LogP contribution is -2.16. The van der Waals surface area contributed by atoms with Crippen LogP contribution in [0, 0.1) is 20.2 Å². The fourth-order valence-electron chi connectivity index (χ4n) is 5.31. The molecule has 0 bridgehead atoms. The molecule has 15 heteroatoms. The predicted octanol–water partition coefficient (Wildman–Crippen LogP) is 5.30. The molecule has 0 unspecified atom stereocenters. The molecule has 0 saturated heterocycles. The largest absolute Gasteiger partial charge is 0.478 e. The van der Waals surface area contributed by atoms with Gasteiger partial charge in [0.2, 0.25) is 0 Å². The van der Waals surface area contributed by atoms with Crippen LogP contribution in [0.4, 0.5) is 11.4 Å². The summed E-state index contributed by atoms with van der Waals surface area (Å²) >= 11 is 0. The maximum atomic E-state index is 13.6. The Balaban J connectivity index is 1.59. The fourth-order valence-corrected chi connectivity index (χ4v) is 5.31. The second-order valence-electron chi connectivity index (χ2n) is 9.68. The molecule has 0 aliphatic carbocycles. The van der Waals surface area contributed by atoms with E-state index in [1.54, 1.807) is 0 Å². The highest BCUT2D eigenvalue weighted by Crippen LogP contribution is 2.37. The Morgan fingerprint density at radius 2 is 1.00 bits per heavy atom. The van der Waals surface area contributed by atoms with E-state index < -0.39 is 67.4 Å². The fraction of sp³-hybridized carbons (Fsp3) is 0. The number of hydrogen-bond donors (Lipinski definition) is 2. The van der Waals surface area contributed by atoms with Crippen LogP contribution in [-0.4, -0.2) is 53.9 Å². The van der Waals surface area contributed by atoms with Crippen LogP contribution in [0.2, 0.25) is 0 Å². The molecule has 4 aromatic carbocycles. The van der Waals surface area contributed by atoms with E-state index in [0.29, 0.717) is 21.5 Å². The molecule has 0 fully saturated rings. The first kappa shape index (κ1) is 28.2. The summed E-state index contributed by atoms with van der Waals surface area (Å²) in [5, 5.41) is 44.2. The number of carbonyl (C=O) groups excluding carboxylic acids is 2. The van der Waals surface area contributed by atoms with Crippen LogP contribution in [0.1, 0.15) is 41.4 Å². The van der Waals surface area contributed by atoms with Crippen molar-refractivity contribution in [2.75, 3.05) is 0 Å². The van der Waals surface area contributed by atoms with Crippen LogP contribution in [0.25, 0.3) is 43.1 Å². The van der Waals surface area contributed by atoms with Crippen LogP contribution >= 0.6 is 0 Å². The molecule has 2 aromatic heterocycles. The van der Waals surface area contributed by atoms with Crippen molar-refractivity contribution in [3.8, 4) is 0 Å². The Morgan fingerprint density at radius 1 is 0.600 bits per heavy atom. The number of nitrogens with zero attached hydrogens (tertiary/aromatic N) is 4. The average molecular weight is 606 g/mol. The van der Waals surface area contributed by atoms with Crippen LogP contribution in [0.5, 0.6) is 0 Å². The number of pyridine rings is 2. The number of nitro benzene ring substituents is 2. The highest BCUT2D eigenvalue weighted by Gasteiger charge is 2.29. The summed E-state index contributed by atoms with van der Waals surface area (Å²) in [5.74, 6) is -6.05. The van der Waals surface area contributed by atoms with Gasteiger partial charge in [-0.1, -0.05) is 0 Å². The van der Waals surface area contributed by atoms with Gasteiger partial charge in [-0.25, -0.2) is 19.2 Å². The first-order valence-corrected chi connectivity index (χ1v) is 12.7. The van der Waals surface area contributed by atoms with E-state index >= 15 is 0 Å². The van der Waals surface area contributed by atoms with Crippen molar-refractivity contribution >= 4 is 78.3 Å². The Morgan fingerprint density at radius 3 is 1.36 bits per heavy atom. The van der Waals surface area contributed by atoms with Crippen molar-refractivity contribution in [1.82, 2.24) is 9.97 Å². The molecule has 0 amide bonds. The molecule has 2 N–H and O–H groups in total. The van der Waals surface area contributed by atoms with E-state index in [-0.39, 0.29) is 21.5 Å². The van der Waals surface area contributed by atoms with Gasteiger partial charge in [-0.3, -0.25) is 30.2 Å². The standard InChI is InChI=1S/C30H14N4O11/c35-27(36)21-5-13-11-31-3-1-17(13)19-7-15(33(41)42)9-23(25(19)21)29(39)45-30(40)24-10-16(34(43)44)8-20-18-2-4-32-12-14(18)6-22(26(20)24)28(37)38/h1-12H,(H,35,36)(H,37,38). The number of non-ortho nitro benzene ring substituents is 2. The van der Waals surface area contributed by atoms with Gasteiger partial charge in [0.15, 0.2) is 0 Å². The predicted molar refractivity (Wildman–Crippen MR) is 155 cm³/mol. The van der Waals surface area contributed by atoms with Gasteiger partial charge in [-0.2, -0.15) is 0 Å². The highest BCUT2D eigenvalue weighted by molar-refractivity contribution is 6.25. The van der Waals surface area contributed by atoms with Crippen molar-refractivity contribution in [2.45, 2.75) is 0 Å². The first-order valence-electron chi connectivity index (χ1n) is 12.7. The van der Waals surface area contributed by atoms with E-state index in [9.17, 15) is 49.6 Å². The molecule has 2 heterocycles. The average Bonchev–Trinajstić information content (AvgIpc) is 3.02. The van der Waals surface area contributed by atoms with Crippen LogP contribution in [0.15, 0.2) is 73.3 Å². The van der Waals surface area contributed by atoms with Gasteiger partial charge in [0.25, 0.3) is 11.4 Å². The number of aromatic carboxylic acids is 2. The minimum absolute atomic E-state index is 0.0186. The summed E-state index contributed by atoms with van der Waals surface area (Å²) in [6.45, 7) is 0. The van der Waals surface area contributed by atoms with E-state index in [4.69, 9.17) is 4.74 Å². The summed E-state index contributed by atoms with van der Waals surface area (Å²) in [7, 11) is 0. The molecule has 0 saturated carbocycles. The molecule has 0 spiro atoms. The molecule has 0 aliphatic rings. The number of carboxylic acids is 2. The van der Waals surface area contributed by atoms with Gasteiger partial charge in [-0.05, 0) is 45.8 Å².